The molecule has 0 amide bonds. The molecule has 0 saturated heterocycles. The maximum atomic E-state index is 3.61. The number of hydrogen-bond acceptors (Lipinski definition) is 3. The maximum absolute atomic E-state index is 3.61. The molecule has 2 aromatic carbocycles. The topological polar surface area (TPSA) is 27.3 Å². The van der Waals surface area contributed by atoms with Crippen molar-refractivity contribution in [3.8, 4) is 0 Å². The van der Waals surface area contributed by atoms with Crippen molar-refractivity contribution in [1.82, 2.24) is 4.90 Å². The van der Waals surface area contributed by atoms with Crippen LogP contribution in [0.5, 0.6) is 0 Å². The van der Waals surface area contributed by atoms with Gasteiger partial charge in [0.15, 0.2) is 0 Å². The molecule has 0 spiro atoms. The predicted octanol–water partition coefficient (Wildman–Crippen LogP) is 4.99. The second-order valence-corrected chi connectivity index (χ2v) is 7.70. The largest absolute Gasteiger partial charge is 0.383 e. The normalized spacial score (nSPS) is 10.7. The second-order valence-electron chi connectivity index (χ2n) is 7.70. The Morgan fingerprint density at radius 1 is 0.630 bits per heavy atom. The molecular formula is C23H35CoN3. The molecule has 0 heterocycles. The number of anilines is 2. The maximum Gasteiger partial charge on any atom is 0.0400 e. The fourth-order valence-corrected chi connectivity index (χ4v) is 3.77. The van der Waals surface area contributed by atoms with Gasteiger partial charge in [-0.25, -0.2) is 0 Å². The molecule has 0 bridgehead atoms. The van der Waals surface area contributed by atoms with Crippen LogP contribution < -0.4 is 10.6 Å². The first-order valence-electron chi connectivity index (χ1n) is 9.60. The van der Waals surface area contributed by atoms with Crippen molar-refractivity contribution < 1.29 is 16.8 Å². The van der Waals surface area contributed by atoms with E-state index < -0.39 is 0 Å². The van der Waals surface area contributed by atoms with Gasteiger partial charge < -0.3 is 15.5 Å². The summed E-state index contributed by atoms with van der Waals surface area (Å²) in [5.41, 5.74) is 10.6. The van der Waals surface area contributed by atoms with Crippen molar-refractivity contribution in [2.24, 2.45) is 0 Å². The number of nitrogens with one attached hydrogen (secondary N) is 2. The van der Waals surface area contributed by atoms with Gasteiger partial charge in [-0.05, 0) is 70.8 Å². The van der Waals surface area contributed by atoms with Crippen molar-refractivity contribution in [3.63, 3.8) is 0 Å². The molecule has 4 heteroatoms. The molecule has 2 rings (SSSR count). The van der Waals surface area contributed by atoms with E-state index in [4.69, 9.17) is 0 Å². The number of benzene rings is 2. The molecular weight excluding hydrogens is 377 g/mol. The monoisotopic (exact) mass is 412 g/mol. The molecule has 2 aromatic rings. The summed E-state index contributed by atoms with van der Waals surface area (Å²) in [5, 5.41) is 7.22. The molecule has 27 heavy (non-hydrogen) atoms. The molecule has 2 N–H and O–H groups in total. The standard InChI is InChI=1S/C23H35N3.Co/c1-16-12-18(3)22(19(4)13-16)24-8-10-26(7)11-9-25-23-20(5)14-17(2)15-21(23)6;/h12-15,24-25H,8-11H2,1-7H3;. The Hall–Kier alpha value is -1.49. The van der Waals surface area contributed by atoms with E-state index in [-0.39, 0.29) is 16.8 Å². The Labute approximate surface area is 176 Å². The first-order chi connectivity index (χ1) is 12.3. The zero-order chi connectivity index (χ0) is 19.3. The van der Waals surface area contributed by atoms with Gasteiger partial charge in [-0.2, -0.15) is 0 Å². The van der Waals surface area contributed by atoms with Gasteiger partial charge in [-0.1, -0.05) is 35.4 Å². The van der Waals surface area contributed by atoms with Crippen LogP contribution >= 0.6 is 0 Å². The molecule has 1 radical (unpaired) electrons. The van der Waals surface area contributed by atoms with Crippen LogP contribution in [0.3, 0.4) is 0 Å². The number of nitrogens with zero attached hydrogens (tertiary/aromatic N) is 1. The fourth-order valence-electron chi connectivity index (χ4n) is 3.77. The van der Waals surface area contributed by atoms with Crippen molar-refractivity contribution in [1.29, 1.82) is 0 Å². The summed E-state index contributed by atoms with van der Waals surface area (Å²) >= 11 is 0. The van der Waals surface area contributed by atoms with Gasteiger partial charge in [0.1, 0.15) is 0 Å². The van der Waals surface area contributed by atoms with E-state index in [1.54, 1.807) is 0 Å². The smallest absolute Gasteiger partial charge is 0.0400 e. The van der Waals surface area contributed by atoms with E-state index in [1.165, 1.54) is 44.8 Å². The van der Waals surface area contributed by atoms with Gasteiger partial charge in [0, 0.05) is 54.3 Å². The van der Waals surface area contributed by atoms with Gasteiger partial charge in [0.05, 0.1) is 0 Å². The fraction of sp³-hybridized carbons (Fsp3) is 0.478. The average Bonchev–Trinajstić information content (AvgIpc) is 2.52. The van der Waals surface area contributed by atoms with Gasteiger partial charge in [0.2, 0.25) is 0 Å². The van der Waals surface area contributed by atoms with Gasteiger partial charge in [-0.15, -0.1) is 0 Å². The van der Waals surface area contributed by atoms with E-state index in [2.05, 4.69) is 88.4 Å². The van der Waals surface area contributed by atoms with Crippen LogP contribution in [0, 0.1) is 41.5 Å². The summed E-state index contributed by atoms with van der Waals surface area (Å²) in [7, 11) is 2.19. The Morgan fingerprint density at radius 3 is 1.22 bits per heavy atom. The minimum Gasteiger partial charge on any atom is -0.383 e. The molecule has 0 saturated carbocycles. The van der Waals surface area contributed by atoms with E-state index in [9.17, 15) is 0 Å². The zero-order valence-electron chi connectivity index (χ0n) is 17.9. The Kier molecular flexibility index (Phi) is 9.37. The van der Waals surface area contributed by atoms with E-state index in [0.29, 0.717) is 0 Å². The molecule has 0 aliphatic heterocycles. The van der Waals surface area contributed by atoms with Crippen LogP contribution in [-0.2, 0) is 16.8 Å². The molecule has 151 valence electrons. The summed E-state index contributed by atoms with van der Waals surface area (Å²) in [4.78, 5) is 2.37. The Morgan fingerprint density at radius 2 is 0.926 bits per heavy atom. The first kappa shape index (κ1) is 23.5. The minimum absolute atomic E-state index is 0. The van der Waals surface area contributed by atoms with Crippen LogP contribution in [0.25, 0.3) is 0 Å². The summed E-state index contributed by atoms with van der Waals surface area (Å²) in [5.74, 6) is 0. The molecule has 0 aliphatic carbocycles. The third kappa shape index (κ3) is 6.87. The number of aryl methyl sites for hydroxylation is 6. The van der Waals surface area contributed by atoms with Crippen LogP contribution in [-0.4, -0.2) is 38.1 Å². The Bertz CT molecular complexity index is 646. The third-order valence-electron chi connectivity index (χ3n) is 4.94. The van der Waals surface area contributed by atoms with E-state index >= 15 is 0 Å². The number of hydrogen-bond donors (Lipinski definition) is 2. The van der Waals surface area contributed by atoms with Gasteiger partial charge in [-0.3, -0.25) is 0 Å². The molecule has 0 unspecified atom stereocenters. The second kappa shape index (κ2) is 10.7. The van der Waals surface area contributed by atoms with E-state index in [1.807, 2.05) is 0 Å². The van der Waals surface area contributed by atoms with Gasteiger partial charge >= 0.3 is 0 Å². The number of likely N-dealkylation sites (N-methyl/N-ethyl adjacent to an activating group) is 1. The first-order valence-corrected chi connectivity index (χ1v) is 9.60. The SMILES string of the molecule is Cc1cc(C)c(NCCN(C)CCNc2c(C)cc(C)cc2C)c(C)c1.[Co]. The summed E-state index contributed by atoms with van der Waals surface area (Å²) in [6, 6.07) is 8.98. The zero-order valence-corrected chi connectivity index (χ0v) is 19.0. The van der Waals surface area contributed by atoms with Crippen molar-refractivity contribution >= 4 is 11.4 Å². The van der Waals surface area contributed by atoms with Crippen molar-refractivity contribution in [2.45, 2.75) is 41.5 Å². The van der Waals surface area contributed by atoms with Crippen LogP contribution in [0.2, 0.25) is 0 Å². The molecule has 0 fully saturated rings. The quantitative estimate of drug-likeness (QED) is 0.640. The molecule has 3 nitrogen and oxygen atoms in total. The summed E-state index contributed by atoms with van der Waals surface area (Å²) in [6.07, 6.45) is 0. The minimum atomic E-state index is 0. The van der Waals surface area contributed by atoms with E-state index in [0.717, 1.165) is 26.2 Å². The molecule has 0 aliphatic rings. The Balaban J connectivity index is 0.00000364. The summed E-state index contributed by atoms with van der Waals surface area (Å²) in [6.45, 7) is 17.0. The predicted molar refractivity (Wildman–Crippen MR) is 116 cm³/mol. The summed E-state index contributed by atoms with van der Waals surface area (Å²) < 4.78 is 0. The molecule has 0 aromatic heterocycles. The van der Waals surface area contributed by atoms with Crippen molar-refractivity contribution in [2.75, 3.05) is 43.9 Å². The molecule has 0 atom stereocenters. The van der Waals surface area contributed by atoms with Crippen molar-refractivity contribution in [3.05, 3.63) is 57.6 Å². The van der Waals surface area contributed by atoms with Crippen LogP contribution in [0.1, 0.15) is 33.4 Å². The number of rotatable bonds is 8. The van der Waals surface area contributed by atoms with Crippen LogP contribution in [0.15, 0.2) is 24.3 Å². The third-order valence-corrected chi connectivity index (χ3v) is 4.94. The van der Waals surface area contributed by atoms with Crippen LogP contribution in [0.4, 0.5) is 11.4 Å². The average molecular weight is 412 g/mol. The van der Waals surface area contributed by atoms with Gasteiger partial charge in [0.25, 0.3) is 0 Å².